The molecule has 0 saturated carbocycles. The molecule has 0 fully saturated rings. The van der Waals surface area contributed by atoms with Gasteiger partial charge < -0.3 is 14.8 Å². The lowest BCUT2D eigenvalue weighted by Crippen LogP contribution is -2.28. The van der Waals surface area contributed by atoms with Crippen LogP contribution in [0.25, 0.3) is 21.3 Å². The molecule has 0 atom stereocenters. The van der Waals surface area contributed by atoms with Gasteiger partial charge in [0.2, 0.25) is 5.91 Å². The molecule has 0 aliphatic heterocycles. The van der Waals surface area contributed by atoms with Gasteiger partial charge >= 0.3 is 0 Å². The fourth-order valence-electron chi connectivity index (χ4n) is 3.80. The minimum Gasteiger partial charge on any atom is -0.493 e. The van der Waals surface area contributed by atoms with Gasteiger partial charge in [0.15, 0.2) is 16.7 Å². The Bertz CT molecular complexity index is 1430. The monoisotopic (exact) mass is 521 g/mol. The maximum absolute atomic E-state index is 13.4. The lowest BCUT2D eigenvalue weighted by molar-refractivity contribution is -0.118. The minimum absolute atomic E-state index is 0.128. The zero-order chi connectivity index (χ0) is 25.5. The van der Waals surface area contributed by atoms with E-state index in [1.807, 2.05) is 53.9 Å². The number of carbonyl (C=O) groups excluding carboxylic acids is 1. The van der Waals surface area contributed by atoms with E-state index in [0.717, 1.165) is 16.7 Å². The van der Waals surface area contributed by atoms with Crippen LogP contribution in [0.1, 0.15) is 5.56 Å². The third-order valence-corrected chi connectivity index (χ3v) is 7.42. The average Bonchev–Trinajstić information content (AvgIpc) is 3.34. The molecule has 0 aliphatic rings. The highest BCUT2D eigenvalue weighted by Gasteiger charge is 2.17. The smallest absolute Gasteiger partial charge is 0.263 e. The number of aromatic nitrogens is 2. The average molecular weight is 522 g/mol. The summed E-state index contributed by atoms with van der Waals surface area (Å²) in [6.45, 7) is 4.58. The summed E-state index contributed by atoms with van der Waals surface area (Å²) in [7, 11) is 3.19. The number of allylic oxidation sites excluding steroid dienone is 1. The topological polar surface area (TPSA) is 82.5 Å². The van der Waals surface area contributed by atoms with E-state index in [0.29, 0.717) is 46.4 Å². The van der Waals surface area contributed by atoms with E-state index < -0.39 is 0 Å². The number of fused-ring (bicyclic) bond motifs is 1. The molecule has 2 aromatic carbocycles. The van der Waals surface area contributed by atoms with Crippen molar-refractivity contribution in [3.63, 3.8) is 0 Å². The summed E-state index contributed by atoms with van der Waals surface area (Å²) in [5, 5.41) is 5.99. The van der Waals surface area contributed by atoms with Crippen LogP contribution in [-0.4, -0.2) is 42.0 Å². The Kier molecular flexibility index (Phi) is 8.45. The summed E-state index contributed by atoms with van der Waals surface area (Å²) in [5.41, 5.74) is 2.74. The molecule has 0 radical (unpaired) electrons. The van der Waals surface area contributed by atoms with Gasteiger partial charge in [-0.2, -0.15) is 0 Å². The van der Waals surface area contributed by atoms with Gasteiger partial charge in [-0.1, -0.05) is 54.2 Å². The van der Waals surface area contributed by atoms with Crippen LogP contribution >= 0.6 is 23.1 Å². The molecule has 0 saturated heterocycles. The van der Waals surface area contributed by atoms with Crippen molar-refractivity contribution in [3.8, 4) is 22.6 Å². The second-order valence-electron chi connectivity index (χ2n) is 7.87. The number of thiophene rings is 1. The van der Waals surface area contributed by atoms with Crippen LogP contribution in [0.4, 0.5) is 0 Å². The number of nitrogens with one attached hydrogen (secondary N) is 1. The van der Waals surface area contributed by atoms with E-state index in [1.165, 1.54) is 23.1 Å². The number of ether oxygens (including phenoxy) is 2. The highest BCUT2D eigenvalue weighted by Crippen LogP contribution is 2.32. The Balaban J connectivity index is 1.44. The molecule has 2 aromatic heterocycles. The van der Waals surface area contributed by atoms with Crippen molar-refractivity contribution in [1.82, 2.24) is 14.9 Å². The first-order chi connectivity index (χ1) is 17.5. The maximum Gasteiger partial charge on any atom is 0.263 e. The fraction of sp³-hybridized carbons (Fsp3) is 0.222. The molecule has 1 amide bonds. The molecule has 4 rings (SSSR count). The van der Waals surface area contributed by atoms with E-state index >= 15 is 0 Å². The molecular weight excluding hydrogens is 494 g/mol. The lowest BCUT2D eigenvalue weighted by Gasteiger charge is -2.11. The summed E-state index contributed by atoms with van der Waals surface area (Å²) in [6.07, 6.45) is 2.32. The first kappa shape index (κ1) is 25.5. The first-order valence-electron chi connectivity index (χ1n) is 11.3. The number of carbonyl (C=O) groups is 1. The molecular formula is C27H27N3O4S2. The minimum atomic E-state index is -0.129. The third kappa shape index (κ3) is 5.63. The van der Waals surface area contributed by atoms with Crippen LogP contribution in [-0.2, 0) is 17.8 Å². The van der Waals surface area contributed by atoms with Gasteiger partial charge in [0.25, 0.3) is 5.56 Å². The highest BCUT2D eigenvalue weighted by atomic mass is 32.2. The molecule has 7 nitrogen and oxygen atoms in total. The van der Waals surface area contributed by atoms with E-state index in [9.17, 15) is 9.59 Å². The maximum atomic E-state index is 13.4. The van der Waals surface area contributed by atoms with Gasteiger partial charge in [-0.25, -0.2) is 4.98 Å². The number of benzene rings is 2. The molecule has 9 heteroatoms. The number of hydrogen-bond acceptors (Lipinski definition) is 7. The Morgan fingerprint density at radius 2 is 1.94 bits per heavy atom. The standard InChI is InChI=1S/C27H27N3O4S2/c1-4-14-30-26(32)24-20(19-8-6-5-7-9-19)16-35-25(24)29-27(30)36-17-23(31)28-13-12-18-10-11-21(33-2)22(15-18)34-3/h4-11,15-16H,1,12-14,17H2,2-3H3,(H,28,31). The van der Waals surface area contributed by atoms with Crippen molar-refractivity contribution in [2.24, 2.45) is 0 Å². The number of amides is 1. The van der Waals surface area contributed by atoms with Crippen molar-refractivity contribution in [3.05, 3.63) is 82.5 Å². The van der Waals surface area contributed by atoms with Crippen LogP contribution in [0.2, 0.25) is 0 Å². The number of rotatable bonds is 11. The predicted octanol–water partition coefficient (Wildman–Crippen LogP) is 4.78. The van der Waals surface area contributed by atoms with Crippen molar-refractivity contribution >= 4 is 39.2 Å². The Morgan fingerprint density at radius 1 is 1.17 bits per heavy atom. The Morgan fingerprint density at radius 3 is 2.67 bits per heavy atom. The second-order valence-corrected chi connectivity index (χ2v) is 9.67. The van der Waals surface area contributed by atoms with Gasteiger partial charge in [0.1, 0.15) is 4.83 Å². The van der Waals surface area contributed by atoms with E-state index in [4.69, 9.17) is 14.5 Å². The van der Waals surface area contributed by atoms with E-state index in [-0.39, 0.29) is 17.2 Å². The Hall–Kier alpha value is -3.56. The zero-order valence-electron chi connectivity index (χ0n) is 20.2. The number of nitrogens with zero attached hydrogens (tertiary/aromatic N) is 2. The summed E-state index contributed by atoms with van der Waals surface area (Å²) in [5.74, 6) is 1.34. The van der Waals surface area contributed by atoms with Gasteiger partial charge in [0, 0.05) is 24.0 Å². The normalized spacial score (nSPS) is 10.8. The van der Waals surface area contributed by atoms with E-state index in [2.05, 4.69) is 11.9 Å². The van der Waals surface area contributed by atoms with Gasteiger partial charge in [0.05, 0.1) is 25.4 Å². The molecule has 0 aliphatic carbocycles. The first-order valence-corrected chi connectivity index (χ1v) is 13.2. The highest BCUT2D eigenvalue weighted by molar-refractivity contribution is 7.99. The van der Waals surface area contributed by atoms with Gasteiger partial charge in [-0.3, -0.25) is 14.2 Å². The van der Waals surface area contributed by atoms with Crippen LogP contribution in [0.15, 0.2) is 76.5 Å². The van der Waals surface area contributed by atoms with Crippen LogP contribution in [0.3, 0.4) is 0 Å². The third-order valence-electron chi connectivity index (χ3n) is 5.57. The Labute approximate surface area is 217 Å². The predicted molar refractivity (Wildman–Crippen MR) is 146 cm³/mol. The fourth-order valence-corrected chi connectivity index (χ4v) is 5.63. The zero-order valence-corrected chi connectivity index (χ0v) is 21.8. The molecule has 1 N–H and O–H groups in total. The SMILES string of the molecule is C=CCn1c(SCC(=O)NCCc2ccc(OC)c(OC)c2)nc2scc(-c3ccccc3)c2c1=O. The van der Waals surface area contributed by atoms with Crippen molar-refractivity contribution in [2.45, 2.75) is 18.1 Å². The molecule has 0 spiro atoms. The molecule has 4 aromatic rings. The van der Waals surface area contributed by atoms with Crippen LogP contribution < -0.4 is 20.3 Å². The van der Waals surface area contributed by atoms with E-state index in [1.54, 1.807) is 24.9 Å². The van der Waals surface area contributed by atoms with Crippen molar-refractivity contribution in [2.75, 3.05) is 26.5 Å². The molecule has 0 bridgehead atoms. The molecule has 0 unspecified atom stereocenters. The van der Waals surface area contributed by atoms with Gasteiger partial charge in [-0.05, 0) is 29.7 Å². The van der Waals surface area contributed by atoms with Gasteiger partial charge in [-0.15, -0.1) is 17.9 Å². The summed E-state index contributed by atoms with van der Waals surface area (Å²) < 4.78 is 12.2. The molecule has 2 heterocycles. The quantitative estimate of drug-likeness (QED) is 0.174. The van der Waals surface area contributed by atoms with Crippen LogP contribution in [0, 0.1) is 0 Å². The van der Waals surface area contributed by atoms with Crippen LogP contribution in [0.5, 0.6) is 11.5 Å². The summed E-state index contributed by atoms with van der Waals surface area (Å²) in [6, 6.07) is 15.5. The molecule has 36 heavy (non-hydrogen) atoms. The lowest BCUT2D eigenvalue weighted by atomic mass is 10.1. The number of thioether (sulfide) groups is 1. The summed E-state index contributed by atoms with van der Waals surface area (Å²) >= 11 is 2.68. The second kappa shape index (κ2) is 11.9. The molecule has 186 valence electrons. The van der Waals surface area contributed by atoms with Crippen molar-refractivity contribution in [1.29, 1.82) is 0 Å². The number of hydrogen-bond donors (Lipinski definition) is 1. The number of methoxy groups -OCH3 is 2. The van der Waals surface area contributed by atoms with Crippen molar-refractivity contribution < 1.29 is 14.3 Å². The summed E-state index contributed by atoms with van der Waals surface area (Å²) in [4.78, 5) is 31.3. The largest absolute Gasteiger partial charge is 0.493 e.